The van der Waals surface area contributed by atoms with Crippen molar-refractivity contribution in [2.75, 3.05) is 0 Å². The number of benzene rings is 2. The minimum atomic E-state index is 1.08. The molecule has 0 nitrogen and oxygen atoms in total. The Labute approximate surface area is 72.8 Å². The summed E-state index contributed by atoms with van der Waals surface area (Å²) in [6.07, 6.45) is 1.08. The summed E-state index contributed by atoms with van der Waals surface area (Å²) in [5, 5.41) is 2.55. The third-order valence-electron chi connectivity index (χ3n) is 2.16. The van der Waals surface area contributed by atoms with Crippen LogP contribution < -0.4 is 0 Å². The van der Waals surface area contributed by atoms with Crippen LogP contribution >= 0.6 is 0 Å². The summed E-state index contributed by atoms with van der Waals surface area (Å²) in [5.74, 6) is 0. The van der Waals surface area contributed by atoms with Gasteiger partial charge in [-0.15, -0.1) is 0 Å². The second-order valence-electron chi connectivity index (χ2n) is 2.91. The summed E-state index contributed by atoms with van der Waals surface area (Å²) < 4.78 is 0. The predicted octanol–water partition coefficient (Wildman–Crippen LogP) is 3.20. The maximum absolute atomic E-state index is 3.27. The van der Waals surface area contributed by atoms with Gasteiger partial charge in [0.05, 0.1) is 0 Å². The lowest BCUT2D eigenvalue weighted by molar-refractivity contribution is 1.16. The zero-order chi connectivity index (χ0) is 8.39. The van der Waals surface area contributed by atoms with E-state index in [2.05, 4.69) is 37.3 Å². The van der Waals surface area contributed by atoms with Crippen molar-refractivity contribution in [1.29, 1.82) is 0 Å². The van der Waals surface area contributed by atoms with Gasteiger partial charge in [-0.1, -0.05) is 43.3 Å². The molecule has 1 radical (unpaired) electrons. The highest BCUT2D eigenvalue weighted by molar-refractivity contribution is 5.84. The third kappa shape index (κ3) is 1.10. The van der Waals surface area contributed by atoms with Crippen LogP contribution in [-0.4, -0.2) is 0 Å². The molecule has 0 aliphatic rings. The summed E-state index contributed by atoms with van der Waals surface area (Å²) in [6.45, 7) is 2.18. The van der Waals surface area contributed by atoms with Gasteiger partial charge in [-0.3, -0.25) is 0 Å². The van der Waals surface area contributed by atoms with E-state index in [0.717, 1.165) is 6.42 Å². The third-order valence-corrected chi connectivity index (χ3v) is 2.16. The Balaban J connectivity index is 2.79. The maximum Gasteiger partial charge on any atom is -0.00732 e. The summed E-state index contributed by atoms with van der Waals surface area (Å²) in [7, 11) is 0. The van der Waals surface area contributed by atoms with E-state index in [1.807, 2.05) is 12.1 Å². The van der Waals surface area contributed by atoms with Crippen LogP contribution in [0.5, 0.6) is 0 Å². The van der Waals surface area contributed by atoms with E-state index >= 15 is 0 Å². The highest BCUT2D eigenvalue weighted by atomic mass is 14.0. The molecule has 0 heterocycles. The van der Waals surface area contributed by atoms with Gasteiger partial charge in [-0.2, -0.15) is 0 Å². The smallest absolute Gasteiger partial charge is 0.00732 e. The van der Waals surface area contributed by atoms with Crippen molar-refractivity contribution in [2.24, 2.45) is 0 Å². The van der Waals surface area contributed by atoms with E-state index in [1.165, 1.54) is 16.3 Å². The molecule has 0 aliphatic carbocycles. The van der Waals surface area contributed by atoms with Crippen LogP contribution in [0.15, 0.2) is 36.4 Å². The number of hydrogen-bond acceptors (Lipinski definition) is 0. The maximum atomic E-state index is 3.27. The monoisotopic (exact) mass is 155 g/mol. The standard InChI is InChI=1S/C12H11/c1-2-10-7-5-8-11-6-3-4-9-12(10)11/h3-8H,2H2,1H3. The molecule has 0 spiro atoms. The van der Waals surface area contributed by atoms with E-state index in [4.69, 9.17) is 0 Å². The van der Waals surface area contributed by atoms with Gasteiger partial charge >= 0.3 is 0 Å². The van der Waals surface area contributed by atoms with Crippen LogP contribution in [0.1, 0.15) is 12.5 Å². The Morgan fingerprint density at radius 1 is 1.17 bits per heavy atom. The lowest BCUT2D eigenvalue weighted by atomic mass is 10.0. The van der Waals surface area contributed by atoms with E-state index in [1.54, 1.807) is 0 Å². The fourth-order valence-electron chi connectivity index (χ4n) is 1.51. The molecule has 0 atom stereocenters. The number of hydrogen-bond donors (Lipinski definition) is 0. The van der Waals surface area contributed by atoms with E-state index < -0.39 is 0 Å². The van der Waals surface area contributed by atoms with Crippen LogP contribution in [0, 0.1) is 6.07 Å². The van der Waals surface area contributed by atoms with Gasteiger partial charge < -0.3 is 0 Å². The van der Waals surface area contributed by atoms with Crippen molar-refractivity contribution in [2.45, 2.75) is 13.3 Å². The molecule has 12 heavy (non-hydrogen) atoms. The number of rotatable bonds is 1. The molecule has 0 bridgehead atoms. The van der Waals surface area contributed by atoms with Crippen LogP contribution in [0.25, 0.3) is 10.8 Å². The second-order valence-corrected chi connectivity index (χ2v) is 2.91. The molecule has 0 fully saturated rings. The van der Waals surface area contributed by atoms with Crippen molar-refractivity contribution in [3.63, 3.8) is 0 Å². The van der Waals surface area contributed by atoms with Gasteiger partial charge in [0.25, 0.3) is 0 Å². The Hall–Kier alpha value is -1.30. The highest BCUT2D eigenvalue weighted by Crippen LogP contribution is 2.17. The fourth-order valence-corrected chi connectivity index (χ4v) is 1.51. The minimum absolute atomic E-state index is 1.08. The van der Waals surface area contributed by atoms with Crippen molar-refractivity contribution < 1.29 is 0 Å². The quantitative estimate of drug-likeness (QED) is 0.593. The van der Waals surface area contributed by atoms with Crippen molar-refractivity contribution >= 4 is 10.8 Å². The fraction of sp³-hybridized carbons (Fsp3) is 0.167. The average molecular weight is 155 g/mol. The topological polar surface area (TPSA) is 0 Å². The first kappa shape index (κ1) is 7.35. The molecule has 0 N–H and O–H groups in total. The largest absolute Gasteiger partial charge is 0.0614 e. The van der Waals surface area contributed by atoms with Gasteiger partial charge in [0.1, 0.15) is 0 Å². The molecular formula is C12H11. The minimum Gasteiger partial charge on any atom is -0.0614 e. The van der Waals surface area contributed by atoms with Gasteiger partial charge in [0.2, 0.25) is 0 Å². The van der Waals surface area contributed by atoms with Gasteiger partial charge in [0.15, 0.2) is 0 Å². The van der Waals surface area contributed by atoms with Gasteiger partial charge in [0, 0.05) is 0 Å². The predicted molar refractivity (Wildman–Crippen MR) is 52.2 cm³/mol. The molecule has 0 aliphatic heterocycles. The van der Waals surface area contributed by atoms with Gasteiger partial charge in [-0.25, -0.2) is 0 Å². The zero-order valence-corrected chi connectivity index (χ0v) is 7.17. The Morgan fingerprint density at radius 2 is 2.00 bits per heavy atom. The highest BCUT2D eigenvalue weighted by Gasteiger charge is 1.95. The van der Waals surface area contributed by atoms with Crippen molar-refractivity contribution in [1.82, 2.24) is 0 Å². The normalized spacial score (nSPS) is 10.4. The first-order valence-corrected chi connectivity index (χ1v) is 4.30. The first-order valence-electron chi connectivity index (χ1n) is 4.30. The van der Waals surface area contributed by atoms with Crippen LogP contribution in [0.2, 0.25) is 0 Å². The molecule has 0 aromatic heterocycles. The Morgan fingerprint density at radius 3 is 2.83 bits per heavy atom. The van der Waals surface area contributed by atoms with E-state index in [0.29, 0.717) is 0 Å². The molecule has 2 aromatic carbocycles. The summed E-state index contributed by atoms with van der Waals surface area (Å²) in [4.78, 5) is 0. The second kappa shape index (κ2) is 2.98. The average Bonchev–Trinajstić information content (AvgIpc) is 2.17. The molecular weight excluding hydrogens is 144 g/mol. The molecule has 2 rings (SSSR count). The van der Waals surface area contributed by atoms with Gasteiger partial charge in [-0.05, 0) is 28.8 Å². The molecule has 0 heteroatoms. The Bertz CT molecular complexity index is 383. The van der Waals surface area contributed by atoms with Crippen LogP contribution in [-0.2, 0) is 6.42 Å². The molecule has 0 amide bonds. The van der Waals surface area contributed by atoms with Crippen LogP contribution in [0.3, 0.4) is 0 Å². The first-order chi connectivity index (χ1) is 5.92. The number of fused-ring (bicyclic) bond motifs is 1. The summed E-state index contributed by atoms with van der Waals surface area (Å²) in [6, 6.07) is 15.8. The van der Waals surface area contributed by atoms with Crippen molar-refractivity contribution in [3.05, 3.63) is 48.0 Å². The number of aryl methyl sites for hydroxylation is 1. The van der Waals surface area contributed by atoms with E-state index in [-0.39, 0.29) is 0 Å². The summed E-state index contributed by atoms with van der Waals surface area (Å²) in [5.41, 5.74) is 1.38. The molecule has 2 aromatic rings. The molecule has 59 valence electrons. The lowest BCUT2D eigenvalue weighted by Crippen LogP contribution is -1.81. The zero-order valence-electron chi connectivity index (χ0n) is 7.17. The SMILES string of the molecule is CCc1cccc2ccc[c]c12. The Kier molecular flexibility index (Phi) is 1.83. The van der Waals surface area contributed by atoms with E-state index in [9.17, 15) is 0 Å². The van der Waals surface area contributed by atoms with Crippen molar-refractivity contribution in [3.8, 4) is 0 Å². The molecule has 0 saturated heterocycles. The van der Waals surface area contributed by atoms with Crippen LogP contribution in [0.4, 0.5) is 0 Å². The lowest BCUT2D eigenvalue weighted by Gasteiger charge is -2.01. The molecule has 0 saturated carbocycles. The molecule has 0 unspecified atom stereocenters. The summed E-state index contributed by atoms with van der Waals surface area (Å²) >= 11 is 0.